The number of halogens is 2. The molecule has 0 spiro atoms. The molecule has 0 atom stereocenters. The second-order valence-corrected chi connectivity index (χ2v) is 4.15. The summed E-state index contributed by atoms with van der Waals surface area (Å²) in [6, 6.07) is 1.53. The smallest absolute Gasteiger partial charge is 0.165 e. The molecule has 0 bridgehead atoms. The minimum Gasteiger partial charge on any atom is -0.294 e. The first kappa shape index (κ1) is 9.04. The van der Waals surface area contributed by atoms with Gasteiger partial charge in [-0.3, -0.25) is 4.79 Å². The van der Waals surface area contributed by atoms with Crippen molar-refractivity contribution in [3.63, 3.8) is 0 Å². The van der Waals surface area contributed by atoms with Gasteiger partial charge in [-0.15, -0.1) is 11.3 Å². The van der Waals surface area contributed by atoms with Crippen molar-refractivity contribution in [3.8, 4) is 0 Å². The Balaban J connectivity index is 3.03. The molecule has 0 saturated carbocycles. The van der Waals surface area contributed by atoms with Crippen LogP contribution in [0.1, 0.15) is 16.8 Å². The van der Waals surface area contributed by atoms with Crippen molar-refractivity contribution in [2.45, 2.75) is 6.42 Å². The average molecular weight is 207 g/mol. The Morgan fingerprint density at radius 1 is 1.64 bits per heavy atom. The molecular weight excluding hydrogens is 203 g/mol. The summed E-state index contributed by atoms with van der Waals surface area (Å²) < 4.78 is 0.914. The van der Waals surface area contributed by atoms with Crippen LogP contribution >= 0.6 is 34.5 Å². The Morgan fingerprint density at radius 3 is 2.64 bits per heavy atom. The van der Waals surface area contributed by atoms with E-state index in [0.29, 0.717) is 14.2 Å². The fourth-order valence-electron chi connectivity index (χ4n) is 0.640. The molecule has 1 heterocycles. The highest BCUT2D eigenvalue weighted by molar-refractivity contribution is 7.20. The molecule has 0 aliphatic heterocycles. The van der Waals surface area contributed by atoms with Crippen LogP contribution in [-0.2, 0) is 0 Å². The van der Waals surface area contributed by atoms with Gasteiger partial charge in [-0.05, 0) is 13.0 Å². The minimum atomic E-state index is -0.182. The van der Waals surface area contributed by atoms with Gasteiger partial charge in [0.15, 0.2) is 5.78 Å². The molecule has 11 heavy (non-hydrogen) atoms. The molecule has 0 aliphatic carbocycles. The summed E-state index contributed by atoms with van der Waals surface area (Å²) in [6.07, 6.45) is -0.0349. The first-order valence-corrected chi connectivity index (χ1v) is 4.40. The Kier molecular flexibility index (Phi) is 2.93. The van der Waals surface area contributed by atoms with Crippen molar-refractivity contribution in [1.82, 2.24) is 0 Å². The van der Waals surface area contributed by atoms with Gasteiger partial charge in [-0.25, -0.2) is 0 Å². The molecule has 0 aliphatic rings. The van der Waals surface area contributed by atoms with E-state index < -0.39 is 0 Å². The third kappa shape index (κ3) is 1.95. The second-order valence-electron chi connectivity index (χ2n) is 1.87. The van der Waals surface area contributed by atoms with E-state index in [1.165, 1.54) is 17.4 Å². The molecule has 1 nitrogen and oxygen atoms in total. The van der Waals surface area contributed by atoms with Crippen molar-refractivity contribution in [1.29, 1.82) is 0 Å². The van der Waals surface area contributed by atoms with Crippen molar-refractivity contribution < 1.29 is 4.79 Å². The summed E-state index contributed by atoms with van der Waals surface area (Å²) in [5.41, 5.74) is 0.421. The summed E-state index contributed by atoms with van der Waals surface area (Å²) in [4.78, 5) is 11.0. The lowest BCUT2D eigenvalue weighted by Gasteiger charge is -1.90. The molecule has 0 saturated heterocycles. The third-order valence-corrected chi connectivity index (χ3v) is 2.63. The van der Waals surface area contributed by atoms with Crippen molar-refractivity contribution >= 4 is 40.3 Å². The van der Waals surface area contributed by atoms with E-state index in [-0.39, 0.29) is 12.2 Å². The molecule has 0 N–H and O–H groups in total. The van der Waals surface area contributed by atoms with E-state index in [9.17, 15) is 4.79 Å². The summed E-state index contributed by atoms with van der Waals surface area (Å²) in [5, 5.41) is 0. The SMILES string of the molecule is [CH]CC(=O)c1cc(Cl)sc1Cl. The van der Waals surface area contributed by atoms with E-state index in [2.05, 4.69) is 0 Å². The fraction of sp³-hybridized carbons (Fsp3) is 0.143. The third-order valence-electron chi connectivity index (χ3n) is 1.14. The Bertz CT molecular complexity index is 280. The number of hydrogen-bond acceptors (Lipinski definition) is 2. The number of carbonyl (C=O) groups excluding carboxylic acids is 1. The van der Waals surface area contributed by atoms with Crippen LogP contribution in [0.15, 0.2) is 6.07 Å². The number of rotatable bonds is 2. The van der Waals surface area contributed by atoms with E-state index in [4.69, 9.17) is 30.1 Å². The van der Waals surface area contributed by atoms with Gasteiger partial charge >= 0.3 is 0 Å². The molecule has 1 rings (SSSR count). The maximum Gasteiger partial charge on any atom is 0.165 e. The zero-order valence-electron chi connectivity index (χ0n) is 5.43. The van der Waals surface area contributed by atoms with Crippen molar-refractivity contribution in [2.24, 2.45) is 0 Å². The number of ketones is 1. The zero-order valence-corrected chi connectivity index (χ0v) is 7.76. The number of thiophene rings is 1. The van der Waals surface area contributed by atoms with Crippen LogP contribution in [0.5, 0.6) is 0 Å². The Labute approximate surface area is 78.9 Å². The van der Waals surface area contributed by atoms with Crippen molar-refractivity contribution in [3.05, 3.63) is 27.2 Å². The maximum atomic E-state index is 11.0. The Hall–Kier alpha value is -0.0500. The number of hydrogen-bond donors (Lipinski definition) is 0. The van der Waals surface area contributed by atoms with Crippen LogP contribution in [0, 0.1) is 6.92 Å². The molecule has 1 aromatic rings. The normalized spacial score (nSPS) is 10.1. The Morgan fingerprint density at radius 2 is 2.27 bits per heavy atom. The first-order valence-electron chi connectivity index (χ1n) is 2.83. The summed E-state index contributed by atoms with van der Waals surface area (Å²) in [7, 11) is 0. The first-order chi connectivity index (χ1) is 5.15. The molecule has 0 fully saturated rings. The van der Waals surface area contributed by atoms with Crippen LogP contribution < -0.4 is 0 Å². The highest BCUT2D eigenvalue weighted by Crippen LogP contribution is 2.31. The van der Waals surface area contributed by atoms with Crippen LogP contribution in [0.2, 0.25) is 8.67 Å². The van der Waals surface area contributed by atoms with Gasteiger partial charge in [-0.1, -0.05) is 23.2 Å². The molecular formula is C7H4Cl2OS. The van der Waals surface area contributed by atoms with Gasteiger partial charge in [0.05, 0.1) is 4.34 Å². The molecule has 4 heteroatoms. The topological polar surface area (TPSA) is 17.1 Å². The molecule has 58 valence electrons. The summed E-state index contributed by atoms with van der Waals surface area (Å²) in [5.74, 6) is -0.182. The molecule has 0 amide bonds. The largest absolute Gasteiger partial charge is 0.294 e. The highest BCUT2D eigenvalue weighted by Gasteiger charge is 2.11. The van der Waals surface area contributed by atoms with Gasteiger partial charge in [0.2, 0.25) is 0 Å². The second kappa shape index (κ2) is 3.57. The van der Waals surface area contributed by atoms with Gasteiger partial charge in [0.1, 0.15) is 4.34 Å². The number of carbonyl (C=O) groups is 1. The quantitative estimate of drug-likeness (QED) is 0.679. The van der Waals surface area contributed by atoms with Gasteiger partial charge in [0, 0.05) is 12.0 Å². The molecule has 0 aromatic carbocycles. The van der Waals surface area contributed by atoms with Gasteiger partial charge < -0.3 is 0 Å². The van der Waals surface area contributed by atoms with Crippen LogP contribution in [0.4, 0.5) is 0 Å². The predicted molar refractivity (Wildman–Crippen MR) is 47.6 cm³/mol. The van der Waals surface area contributed by atoms with E-state index >= 15 is 0 Å². The average Bonchev–Trinajstić information content (AvgIpc) is 2.28. The van der Waals surface area contributed by atoms with Gasteiger partial charge in [0.25, 0.3) is 0 Å². The lowest BCUT2D eigenvalue weighted by Crippen LogP contribution is -1.93. The van der Waals surface area contributed by atoms with E-state index in [1.807, 2.05) is 0 Å². The van der Waals surface area contributed by atoms with Crippen LogP contribution in [0.25, 0.3) is 0 Å². The molecule has 2 radical (unpaired) electrons. The standard InChI is InChI=1S/C7H4Cl2OS/c1-2-5(10)4-3-6(8)11-7(4)9/h1,3H,2H2. The number of Topliss-reactive ketones (excluding diaryl/α,β-unsaturated/α-hetero) is 1. The lowest BCUT2D eigenvalue weighted by molar-refractivity contribution is 0.0995. The fourth-order valence-corrected chi connectivity index (χ4v) is 2.14. The summed E-state index contributed by atoms with van der Waals surface area (Å²) in [6.45, 7) is 5.14. The summed E-state index contributed by atoms with van der Waals surface area (Å²) >= 11 is 12.5. The van der Waals surface area contributed by atoms with Gasteiger partial charge in [-0.2, -0.15) is 0 Å². The van der Waals surface area contributed by atoms with E-state index in [1.54, 1.807) is 0 Å². The highest BCUT2D eigenvalue weighted by atomic mass is 35.5. The van der Waals surface area contributed by atoms with Crippen LogP contribution in [0.3, 0.4) is 0 Å². The minimum absolute atomic E-state index is 0.0349. The predicted octanol–water partition coefficient (Wildman–Crippen LogP) is 3.34. The molecule has 0 unspecified atom stereocenters. The van der Waals surface area contributed by atoms with Crippen LogP contribution in [-0.4, -0.2) is 5.78 Å². The molecule has 1 aromatic heterocycles. The maximum absolute atomic E-state index is 11.0. The monoisotopic (exact) mass is 206 g/mol. The lowest BCUT2D eigenvalue weighted by atomic mass is 10.2. The van der Waals surface area contributed by atoms with Crippen molar-refractivity contribution in [2.75, 3.05) is 0 Å². The zero-order chi connectivity index (χ0) is 8.43. The van der Waals surface area contributed by atoms with E-state index in [0.717, 1.165) is 0 Å².